The van der Waals surface area contributed by atoms with Crippen molar-refractivity contribution < 1.29 is 4.79 Å². The molecule has 0 spiro atoms. The van der Waals surface area contributed by atoms with Gasteiger partial charge in [-0.15, -0.1) is 11.3 Å². The highest BCUT2D eigenvalue weighted by molar-refractivity contribution is 7.09. The third-order valence-corrected chi connectivity index (χ3v) is 3.74. The fraction of sp³-hybridized carbons (Fsp3) is 0.636. The van der Waals surface area contributed by atoms with E-state index in [9.17, 15) is 4.79 Å². The zero-order valence-corrected chi connectivity index (χ0v) is 10.3. The maximum absolute atomic E-state index is 11.6. The number of carbonyl (C=O) groups excluding carboxylic acids is 1. The lowest BCUT2D eigenvalue weighted by atomic mass is 10.0. The lowest BCUT2D eigenvalue weighted by Crippen LogP contribution is -2.48. The van der Waals surface area contributed by atoms with Gasteiger partial charge < -0.3 is 10.6 Å². The van der Waals surface area contributed by atoms with Crippen LogP contribution in [-0.4, -0.2) is 30.5 Å². The molecule has 0 unspecified atom stereocenters. The van der Waals surface area contributed by atoms with E-state index in [0.29, 0.717) is 12.3 Å². The average Bonchev–Trinajstić information content (AvgIpc) is 2.63. The lowest BCUT2D eigenvalue weighted by Gasteiger charge is -2.26. The first kappa shape index (κ1) is 11.5. The molecule has 1 saturated heterocycles. The van der Waals surface area contributed by atoms with Crippen molar-refractivity contribution in [1.82, 2.24) is 15.6 Å². The molecule has 0 bridgehead atoms. The smallest absolute Gasteiger partial charge is 0.226 e. The number of thiazole rings is 1. The molecular weight excluding hydrogens is 222 g/mol. The van der Waals surface area contributed by atoms with E-state index in [1.807, 2.05) is 5.38 Å². The number of rotatable bonds is 5. The second kappa shape index (κ2) is 5.41. The van der Waals surface area contributed by atoms with Crippen molar-refractivity contribution in [3.05, 3.63) is 16.1 Å². The fourth-order valence-corrected chi connectivity index (χ4v) is 2.32. The van der Waals surface area contributed by atoms with Gasteiger partial charge in [-0.05, 0) is 6.42 Å². The first-order valence-electron chi connectivity index (χ1n) is 5.68. The molecule has 4 nitrogen and oxygen atoms in total. The molecule has 2 N–H and O–H groups in total. The predicted octanol–water partition coefficient (Wildman–Crippen LogP) is 0.584. The van der Waals surface area contributed by atoms with Gasteiger partial charge in [0.25, 0.3) is 0 Å². The molecule has 1 aliphatic heterocycles. The molecule has 1 aliphatic rings. The molecule has 1 aromatic rings. The van der Waals surface area contributed by atoms with Gasteiger partial charge in [-0.25, -0.2) is 4.98 Å². The monoisotopic (exact) mass is 239 g/mol. The van der Waals surface area contributed by atoms with Gasteiger partial charge in [-0.2, -0.15) is 0 Å². The van der Waals surface area contributed by atoms with E-state index in [1.165, 1.54) is 0 Å². The minimum absolute atomic E-state index is 0.0832. The number of amides is 1. The maximum Gasteiger partial charge on any atom is 0.226 e. The van der Waals surface area contributed by atoms with E-state index in [2.05, 4.69) is 22.5 Å². The Hall–Kier alpha value is -0.940. The van der Waals surface area contributed by atoms with Crippen LogP contribution in [0.15, 0.2) is 5.38 Å². The maximum atomic E-state index is 11.6. The van der Waals surface area contributed by atoms with E-state index in [0.717, 1.165) is 36.8 Å². The van der Waals surface area contributed by atoms with Gasteiger partial charge in [0.1, 0.15) is 0 Å². The lowest BCUT2D eigenvalue weighted by molar-refractivity contribution is -0.120. The molecule has 5 heteroatoms. The van der Waals surface area contributed by atoms with Gasteiger partial charge in [0.2, 0.25) is 5.91 Å². The van der Waals surface area contributed by atoms with E-state index < -0.39 is 0 Å². The summed E-state index contributed by atoms with van der Waals surface area (Å²) < 4.78 is 0. The Labute approximate surface area is 99.5 Å². The van der Waals surface area contributed by atoms with Crippen LogP contribution >= 0.6 is 11.3 Å². The van der Waals surface area contributed by atoms with Crippen LogP contribution in [0.4, 0.5) is 0 Å². The number of hydrogen-bond donors (Lipinski definition) is 2. The zero-order valence-electron chi connectivity index (χ0n) is 9.45. The average molecular weight is 239 g/mol. The van der Waals surface area contributed by atoms with Gasteiger partial charge in [0.15, 0.2) is 0 Å². The van der Waals surface area contributed by atoms with Gasteiger partial charge in [-0.1, -0.05) is 6.92 Å². The molecule has 1 aromatic heterocycles. The Balaban J connectivity index is 1.73. The van der Waals surface area contributed by atoms with Gasteiger partial charge in [0.05, 0.1) is 17.1 Å². The van der Waals surface area contributed by atoms with Crippen molar-refractivity contribution in [1.29, 1.82) is 0 Å². The molecule has 88 valence electrons. The molecule has 1 fully saturated rings. The summed E-state index contributed by atoms with van der Waals surface area (Å²) in [7, 11) is 0. The highest BCUT2D eigenvalue weighted by atomic mass is 32.1. The Kier molecular flexibility index (Phi) is 3.90. The normalized spacial score (nSPS) is 15.8. The quantitative estimate of drug-likeness (QED) is 0.790. The van der Waals surface area contributed by atoms with Crippen LogP contribution in [0, 0.1) is 5.92 Å². The molecule has 0 aliphatic carbocycles. The zero-order chi connectivity index (χ0) is 11.4. The summed E-state index contributed by atoms with van der Waals surface area (Å²) in [6.45, 7) is 4.91. The fourth-order valence-electron chi connectivity index (χ4n) is 1.57. The van der Waals surface area contributed by atoms with Gasteiger partial charge >= 0.3 is 0 Å². The second-order valence-electron chi connectivity index (χ2n) is 4.09. The van der Waals surface area contributed by atoms with E-state index in [4.69, 9.17) is 0 Å². The first-order valence-corrected chi connectivity index (χ1v) is 6.56. The Bertz CT molecular complexity index is 360. The van der Waals surface area contributed by atoms with E-state index >= 15 is 0 Å². The summed E-state index contributed by atoms with van der Waals surface area (Å²) in [5, 5.41) is 9.21. The highest BCUT2D eigenvalue weighted by Crippen LogP contribution is 2.10. The Morgan fingerprint density at radius 1 is 1.69 bits per heavy atom. The van der Waals surface area contributed by atoms with Crippen molar-refractivity contribution in [2.75, 3.05) is 19.6 Å². The SMILES string of the molecule is CCc1nc(CC(=O)NCC2CNC2)cs1. The number of nitrogens with zero attached hydrogens (tertiary/aromatic N) is 1. The number of nitrogens with one attached hydrogen (secondary N) is 2. The van der Waals surface area contributed by atoms with Crippen molar-refractivity contribution >= 4 is 17.2 Å². The number of aryl methyl sites for hydroxylation is 1. The molecule has 16 heavy (non-hydrogen) atoms. The summed E-state index contributed by atoms with van der Waals surface area (Å²) in [5.41, 5.74) is 0.895. The number of hydrogen-bond acceptors (Lipinski definition) is 4. The largest absolute Gasteiger partial charge is 0.355 e. The van der Waals surface area contributed by atoms with Crippen molar-refractivity contribution in [2.24, 2.45) is 5.92 Å². The predicted molar refractivity (Wildman–Crippen MR) is 64.6 cm³/mol. The minimum Gasteiger partial charge on any atom is -0.355 e. The van der Waals surface area contributed by atoms with Crippen LogP contribution in [0.1, 0.15) is 17.6 Å². The Morgan fingerprint density at radius 2 is 2.50 bits per heavy atom. The van der Waals surface area contributed by atoms with Crippen LogP contribution in [0.2, 0.25) is 0 Å². The molecule has 0 aromatic carbocycles. The third kappa shape index (κ3) is 3.02. The van der Waals surface area contributed by atoms with Crippen LogP contribution in [0.5, 0.6) is 0 Å². The molecule has 0 atom stereocenters. The molecular formula is C11H17N3OS. The van der Waals surface area contributed by atoms with E-state index in [-0.39, 0.29) is 5.91 Å². The Morgan fingerprint density at radius 3 is 3.06 bits per heavy atom. The summed E-state index contributed by atoms with van der Waals surface area (Å²) in [5.74, 6) is 0.699. The van der Waals surface area contributed by atoms with Crippen molar-refractivity contribution in [3.8, 4) is 0 Å². The number of aromatic nitrogens is 1. The highest BCUT2D eigenvalue weighted by Gasteiger charge is 2.17. The van der Waals surface area contributed by atoms with Crippen LogP contribution < -0.4 is 10.6 Å². The van der Waals surface area contributed by atoms with Gasteiger partial charge in [0, 0.05) is 30.9 Å². The molecule has 0 radical (unpaired) electrons. The van der Waals surface area contributed by atoms with Crippen LogP contribution in [0.25, 0.3) is 0 Å². The summed E-state index contributed by atoms with van der Waals surface area (Å²) in [4.78, 5) is 16.0. The second-order valence-corrected chi connectivity index (χ2v) is 5.03. The topological polar surface area (TPSA) is 54.0 Å². The minimum atomic E-state index is 0.0832. The third-order valence-electron chi connectivity index (χ3n) is 2.70. The molecule has 0 saturated carbocycles. The summed E-state index contributed by atoms with van der Waals surface area (Å²) >= 11 is 1.63. The van der Waals surface area contributed by atoms with Crippen LogP contribution in [0.3, 0.4) is 0 Å². The summed E-state index contributed by atoms with van der Waals surface area (Å²) in [6.07, 6.45) is 1.36. The van der Waals surface area contributed by atoms with Gasteiger partial charge in [-0.3, -0.25) is 4.79 Å². The molecule has 2 rings (SSSR count). The number of carbonyl (C=O) groups is 1. The van der Waals surface area contributed by atoms with Crippen molar-refractivity contribution in [3.63, 3.8) is 0 Å². The van der Waals surface area contributed by atoms with E-state index in [1.54, 1.807) is 11.3 Å². The molecule has 1 amide bonds. The summed E-state index contributed by atoms with van der Waals surface area (Å²) in [6, 6.07) is 0. The van der Waals surface area contributed by atoms with Crippen molar-refractivity contribution in [2.45, 2.75) is 19.8 Å². The van der Waals surface area contributed by atoms with Crippen LogP contribution in [-0.2, 0) is 17.6 Å². The first-order chi connectivity index (χ1) is 7.78. The standard InChI is InChI=1S/C11H17N3OS/c1-2-11-14-9(7-16-11)3-10(15)13-6-8-4-12-5-8/h7-8,12H,2-6H2,1H3,(H,13,15). The molecule has 2 heterocycles.